The van der Waals surface area contributed by atoms with Crippen molar-refractivity contribution in [3.63, 3.8) is 0 Å². The molecule has 9 N–H and O–H groups in total. The number of carbonyl (C=O) groups is 1. The summed E-state index contributed by atoms with van der Waals surface area (Å²) in [5, 5.41) is 87.8. The summed E-state index contributed by atoms with van der Waals surface area (Å²) in [5.74, 6) is -0.240. The van der Waals surface area contributed by atoms with Crippen molar-refractivity contribution in [1.29, 1.82) is 0 Å². The molecule has 0 aromatic rings. The molecule has 0 aromatic carbocycles. The molecule has 14 heteroatoms. The number of aliphatic hydroxyl groups is 8. The molecule has 606 valence electrons. The summed E-state index contributed by atoms with van der Waals surface area (Å²) >= 11 is 0. The van der Waals surface area contributed by atoms with Gasteiger partial charge in [0.25, 0.3) is 0 Å². The van der Waals surface area contributed by atoms with Crippen molar-refractivity contribution in [3.8, 4) is 0 Å². The van der Waals surface area contributed by atoms with Crippen LogP contribution >= 0.6 is 0 Å². The van der Waals surface area contributed by atoms with Crippen LogP contribution in [-0.4, -0.2) is 140 Å². The van der Waals surface area contributed by atoms with Gasteiger partial charge in [-0.15, -0.1) is 0 Å². The Morgan fingerprint density at radius 1 is 0.352 bits per heavy atom. The van der Waals surface area contributed by atoms with Crippen molar-refractivity contribution in [3.05, 3.63) is 122 Å². The van der Waals surface area contributed by atoms with Crippen LogP contribution in [0, 0.1) is 0 Å². The maximum Gasteiger partial charge on any atom is 0.220 e. The average Bonchev–Trinajstić information content (AvgIpc) is 0.769. The molecule has 2 saturated heterocycles. The molecule has 105 heavy (non-hydrogen) atoms. The lowest BCUT2D eigenvalue weighted by Crippen LogP contribution is -2.65. The normalized spacial score (nSPS) is 22.0. The Morgan fingerprint density at radius 3 is 1.01 bits per heavy atom. The second-order valence-corrected chi connectivity index (χ2v) is 29.9. The Hall–Kier alpha value is -3.61. The predicted molar refractivity (Wildman–Crippen MR) is 438 cm³/mol. The highest BCUT2D eigenvalue weighted by Gasteiger charge is 2.51. The van der Waals surface area contributed by atoms with E-state index in [-0.39, 0.29) is 18.9 Å². The Bertz CT molecular complexity index is 2240. The number of nitrogens with one attached hydrogen (secondary N) is 1. The minimum atomic E-state index is -1.79. The molecular weight excluding hydrogens is 1310 g/mol. The molecule has 0 aromatic heterocycles. The summed E-state index contributed by atoms with van der Waals surface area (Å²) in [6.45, 7) is 2.73. The number of amides is 1. The third-order valence-corrected chi connectivity index (χ3v) is 20.4. The topological polar surface area (TPSA) is 228 Å². The third-order valence-electron chi connectivity index (χ3n) is 20.4. The molecular formula is C91H159NO13. The molecule has 1 amide bonds. The standard InChI is InChI=1S/C91H159NO13/c1-3-5-7-9-11-13-15-17-19-21-23-25-27-29-31-33-35-36-37-38-39-40-41-42-43-44-45-47-49-51-53-55-57-59-61-63-65-67-69-71-73-75-83(96)92-79(78-102-90-88(101)86(99)89(82(77-94)104-90)105-91-87(100)85(98)84(97)81(76-93)103-91)80(95)74-72-70-68-66-64-62-60-58-56-54-52-50-48-46-34-32-30-28-26-24-22-20-18-16-14-12-10-8-6-4-2/h5,7,11,13,17,19,23,25,29,31,35-36,38-39,41-42,44-45,72,74,79-82,84-91,93-95,97-101H,3-4,6,8-10,12,14-16,18,20-22,24,26-28,30,32-34,37,40,43,46-71,73,75-78H2,1-2H3,(H,92,96)/b7-5-,13-11-,19-17-,25-23-,31-29-,36-35-,39-38-,42-41-,45-44-,74-72+. The highest BCUT2D eigenvalue weighted by molar-refractivity contribution is 5.76. The summed E-state index contributed by atoms with van der Waals surface area (Å²) in [4.78, 5) is 13.4. The van der Waals surface area contributed by atoms with Crippen LogP contribution in [0.3, 0.4) is 0 Å². The van der Waals surface area contributed by atoms with Crippen molar-refractivity contribution in [1.82, 2.24) is 5.32 Å². The van der Waals surface area contributed by atoms with Gasteiger partial charge in [0.15, 0.2) is 12.6 Å². The number of unbranched alkanes of at least 4 members (excludes halogenated alkanes) is 41. The van der Waals surface area contributed by atoms with E-state index in [1.807, 2.05) is 6.08 Å². The minimum Gasteiger partial charge on any atom is -0.394 e. The first kappa shape index (κ1) is 97.5. The van der Waals surface area contributed by atoms with E-state index < -0.39 is 86.8 Å². The van der Waals surface area contributed by atoms with E-state index in [9.17, 15) is 45.6 Å². The van der Waals surface area contributed by atoms with E-state index in [0.717, 1.165) is 103 Å². The molecule has 0 bridgehead atoms. The summed E-state index contributed by atoms with van der Waals surface area (Å²) in [6, 6.07) is -0.924. The van der Waals surface area contributed by atoms with Gasteiger partial charge in [-0.2, -0.15) is 0 Å². The summed E-state index contributed by atoms with van der Waals surface area (Å²) in [7, 11) is 0. The maximum atomic E-state index is 13.4. The van der Waals surface area contributed by atoms with E-state index in [4.69, 9.17) is 18.9 Å². The fraction of sp³-hybridized carbons (Fsp3) is 0.769. The predicted octanol–water partition coefficient (Wildman–Crippen LogP) is 20.7. The van der Waals surface area contributed by atoms with Gasteiger partial charge >= 0.3 is 0 Å². The van der Waals surface area contributed by atoms with Crippen LogP contribution in [0.5, 0.6) is 0 Å². The molecule has 0 radical (unpaired) electrons. The Labute approximate surface area is 641 Å². The molecule has 12 atom stereocenters. The highest BCUT2D eigenvalue weighted by Crippen LogP contribution is 2.30. The van der Waals surface area contributed by atoms with Crippen molar-refractivity contribution in [2.45, 2.75) is 428 Å². The van der Waals surface area contributed by atoms with E-state index in [2.05, 4.69) is 129 Å². The lowest BCUT2D eigenvalue weighted by Gasteiger charge is -2.46. The van der Waals surface area contributed by atoms with Crippen LogP contribution < -0.4 is 5.32 Å². The maximum absolute atomic E-state index is 13.4. The van der Waals surface area contributed by atoms with Crippen LogP contribution in [0.25, 0.3) is 0 Å². The van der Waals surface area contributed by atoms with Gasteiger partial charge < -0.3 is 65.1 Å². The van der Waals surface area contributed by atoms with Crippen molar-refractivity contribution >= 4 is 5.91 Å². The van der Waals surface area contributed by atoms with Crippen LogP contribution in [0.1, 0.15) is 354 Å². The van der Waals surface area contributed by atoms with Gasteiger partial charge in [0.1, 0.15) is 48.8 Å². The fourth-order valence-corrected chi connectivity index (χ4v) is 13.6. The minimum absolute atomic E-state index is 0.240. The second kappa shape index (κ2) is 73.2. The quantitative estimate of drug-likeness (QED) is 0.0204. The third kappa shape index (κ3) is 55.4. The second-order valence-electron chi connectivity index (χ2n) is 29.9. The van der Waals surface area contributed by atoms with Gasteiger partial charge in [0.05, 0.1) is 32.0 Å². The van der Waals surface area contributed by atoms with E-state index in [0.29, 0.717) is 6.42 Å². The van der Waals surface area contributed by atoms with Crippen molar-refractivity contribution in [2.24, 2.45) is 0 Å². The molecule has 12 unspecified atom stereocenters. The van der Waals surface area contributed by atoms with Crippen molar-refractivity contribution < 1.29 is 64.6 Å². The van der Waals surface area contributed by atoms with Crippen LogP contribution in [0.4, 0.5) is 0 Å². The number of carbonyl (C=O) groups excluding carboxylic acids is 1. The number of ether oxygens (including phenoxy) is 4. The summed E-state index contributed by atoms with van der Waals surface area (Å²) in [6.07, 6.45) is 91.4. The summed E-state index contributed by atoms with van der Waals surface area (Å²) in [5.41, 5.74) is 0. The Balaban J connectivity index is 1.59. The van der Waals surface area contributed by atoms with Gasteiger partial charge in [0.2, 0.25) is 5.91 Å². The fourth-order valence-electron chi connectivity index (χ4n) is 13.6. The Morgan fingerprint density at radius 2 is 0.657 bits per heavy atom. The van der Waals surface area contributed by atoms with E-state index in [1.165, 1.54) is 225 Å². The van der Waals surface area contributed by atoms with Crippen LogP contribution in [0.15, 0.2) is 122 Å². The first-order valence-electron chi connectivity index (χ1n) is 43.3. The van der Waals surface area contributed by atoms with Crippen LogP contribution in [-0.2, 0) is 23.7 Å². The van der Waals surface area contributed by atoms with Crippen LogP contribution in [0.2, 0.25) is 0 Å². The monoisotopic (exact) mass is 1470 g/mol. The molecule has 2 heterocycles. The smallest absolute Gasteiger partial charge is 0.220 e. The molecule has 2 aliphatic rings. The van der Waals surface area contributed by atoms with Gasteiger partial charge in [-0.25, -0.2) is 0 Å². The SMILES string of the molecule is CC/C=C\C/C=C\C/C=C\C/C=C\C/C=C\C/C=C\C/C=C\C/C=C\C/C=C\CCCCCCCCCCCCCCCC(=O)NC(COC1OC(CO)C(OC2OC(CO)C(O)C(O)C2O)C(O)C1O)C(O)/C=C/CCCCCCCCCCCCCCCCCCCCCCCCCCCCCC. The highest BCUT2D eigenvalue weighted by atomic mass is 16.7. The number of rotatable bonds is 72. The number of hydrogen-bond acceptors (Lipinski definition) is 13. The Kier molecular flexibility index (Phi) is 68.0. The average molecular weight is 1480 g/mol. The lowest BCUT2D eigenvalue weighted by molar-refractivity contribution is -0.359. The molecule has 0 spiro atoms. The molecule has 2 rings (SSSR count). The van der Waals surface area contributed by atoms with E-state index >= 15 is 0 Å². The first-order chi connectivity index (χ1) is 51.6. The molecule has 0 aliphatic carbocycles. The molecule has 14 nitrogen and oxygen atoms in total. The first-order valence-corrected chi connectivity index (χ1v) is 43.3. The van der Waals surface area contributed by atoms with Gasteiger partial charge in [-0.05, 0) is 89.9 Å². The number of aliphatic hydroxyl groups excluding tert-OH is 8. The van der Waals surface area contributed by atoms with Gasteiger partial charge in [-0.3, -0.25) is 4.79 Å². The molecule has 0 saturated carbocycles. The van der Waals surface area contributed by atoms with E-state index in [1.54, 1.807) is 6.08 Å². The largest absolute Gasteiger partial charge is 0.394 e. The van der Waals surface area contributed by atoms with Gasteiger partial charge in [-0.1, -0.05) is 379 Å². The zero-order chi connectivity index (χ0) is 75.8. The number of hydrogen-bond donors (Lipinski definition) is 9. The van der Waals surface area contributed by atoms with Gasteiger partial charge in [0, 0.05) is 6.42 Å². The van der Waals surface area contributed by atoms with Crippen molar-refractivity contribution in [2.75, 3.05) is 19.8 Å². The zero-order valence-electron chi connectivity index (χ0n) is 66.7. The lowest BCUT2D eigenvalue weighted by atomic mass is 9.97. The molecule has 2 aliphatic heterocycles. The summed E-state index contributed by atoms with van der Waals surface area (Å²) < 4.78 is 22.9. The zero-order valence-corrected chi connectivity index (χ0v) is 66.7. The number of allylic oxidation sites excluding steroid dienone is 19. The molecule has 2 fully saturated rings.